The zero-order valence-electron chi connectivity index (χ0n) is 16.9. The molecule has 0 bridgehead atoms. The Morgan fingerprint density at radius 3 is 2.62 bits per heavy atom. The first kappa shape index (κ1) is 18.9. The largest absolute Gasteiger partial charge is 0.478 e. The van der Waals surface area contributed by atoms with Gasteiger partial charge in [0.1, 0.15) is 5.82 Å². The zero-order valence-corrected chi connectivity index (χ0v) is 16.9. The van der Waals surface area contributed by atoms with E-state index in [1.54, 1.807) is 6.20 Å². The molecule has 0 unspecified atom stereocenters. The third kappa shape index (κ3) is 3.66. The molecule has 0 spiro atoms. The van der Waals surface area contributed by atoms with Crippen LogP contribution in [-0.4, -0.2) is 29.4 Å². The van der Waals surface area contributed by atoms with Gasteiger partial charge in [-0.05, 0) is 55.2 Å². The van der Waals surface area contributed by atoms with Crippen LogP contribution < -0.4 is 15.4 Å². The van der Waals surface area contributed by atoms with Gasteiger partial charge < -0.3 is 15.4 Å². The number of carbonyl (C=O) groups excluding carboxylic acids is 1. The van der Waals surface area contributed by atoms with Gasteiger partial charge in [0.05, 0.1) is 18.5 Å². The number of hydrogen-bond acceptors (Lipinski definition) is 6. The van der Waals surface area contributed by atoms with Gasteiger partial charge in [0.2, 0.25) is 5.88 Å². The molecule has 0 saturated carbocycles. The summed E-state index contributed by atoms with van der Waals surface area (Å²) >= 11 is 0. The van der Waals surface area contributed by atoms with Gasteiger partial charge in [-0.2, -0.15) is 0 Å². The Balaban J connectivity index is 1.62. The van der Waals surface area contributed by atoms with Crippen LogP contribution in [0.1, 0.15) is 34.8 Å². The maximum atomic E-state index is 12.4. The predicted octanol–water partition coefficient (Wildman–Crippen LogP) is 4.76. The summed E-state index contributed by atoms with van der Waals surface area (Å²) in [6, 6.07) is 9.82. The number of ether oxygens (including phenoxy) is 1. The monoisotopic (exact) mass is 388 g/mol. The fourth-order valence-corrected chi connectivity index (χ4v) is 3.79. The van der Waals surface area contributed by atoms with Crippen LogP contribution in [0.15, 0.2) is 42.7 Å². The van der Waals surface area contributed by atoms with Crippen molar-refractivity contribution in [3.63, 3.8) is 0 Å². The molecule has 3 aromatic rings. The second kappa shape index (κ2) is 7.91. The Morgan fingerprint density at radius 2 is 1.93 bits per heavy atom. The number of aryl methyl sites for hydroxylation is 1. The number of rotatable bonds is 6. The molecule has 1 aromatic carbocycles. The van der Waals surface area contributed by atoms with Crippen LogP contribution in [0.4, 0.5) is 17.2 Å². The van der Waals surface area contributed by atoms with Gasteiger partial charge in [0.15, 0.2) is 5.78 Å². The molecule has 0 radical (unpaired) electrons. The van der Waals surface area contributed by atoms with Crippen molar-refractivity contribution in [2.45, 2.75) is 26.7 Å². The van der Waals surface area contributed by atoms with Gasteiger partial charge in [-0.3, -0.25) is 4.79 Å². The van der Waals surface area contributed by atoms with Crippen LogP contribution >= 0.6 is 0 Å². The molecule has 148 valence electrons. The molecular formula is C23H24N4O2. The molecule has 0 fully saturated rings. The average Bonchev–Trinajstić information content (AvgIpc) is 3.12. The van der Waals surface area contributed by atoms with E-state index in [1.165, 1.54) is 0 Å². The molecule has 2 aromatic heterocycles. The molecule has 0 saturated heterocycles. The Kier molecular flexibility index (Phi) is 5.16. The number of aromatic nitrogens is 2. The first-order valence-corrected chi connectivity index (χ1v) is 9.80. The minimum atomic E-state index is 0.207. The van der Waals surface area contributed by atoms with Crippen LogP contribution in [0.25, 0.3) is 11.1 Å². The average molecular weight is 388 g/mol. The van der Waals surface area contributed by atoms with E-state index in [0.717, 1.165) is 51.4 Å². The first-order valence-electron chi connectivity index (χ1n) is 9.80. The van der Waals surface area contributed by atoms with E-state index in [0.29, 0.717) is 18.9 Å². The summed E-state index contributed by atoms with van der Waals surface area (Å²) in [4.78, 5) is 21.2. The molecule has 4 rings (SSSR count). The van der Waals surface area contributed by atoms with Crippen LogP contribution in [0.5, 0.6) is 5.88 Å². The van der Waals surface area contributed by atoms with Crippen molar-refractivity contribution < 1.29 is 9.53 Å². The highest BCUT2D eigenvalue weighted by Crippen LogP contribution is 2.38. The highest BCUT2D eigenvalue weighted by molar-refractivity contribution is 6.07. The molecule has 2 heterocycles. The standard InChI is InChI=1S/C23H24N4O2/c1-4-29-22-10-5-15(12-26-22)27-21-11-14(2)18(13-25-21)16-6-8-19(24-3)23-17(16)7-9-20(23)28/h5-6,8,10-13,24H,4,7,9H2,1-3H3,(H,25,27). The van der Waals surface area contributed by atoms with Gasteiger partial charge in [0, 0.05) is 42.5 Å². The lowest BCUT2D eigenvalue weighted by Crippen LogP contribution is -2.02. The van der Waals surface area contributed by atoms with E-state index in [4.69, 9.17) is 4.74 Å². The summed E-state index contributed by atoms with van der Waals surface area (Å²) < 4.78 is 5.37. The van der Waals surface area contributed by atoms with Gasteiger partial charge >= 0.3 is 0 Å². The van der Waals surface area contributed by atoms with Gasteiger partial charge in [0.25, 0.3) is 0 Å². The molecule has 6 nitrogen and oxygen atoms in total. The van der Waals surface area contributed by atoms with Crippen LogP contribution in [0.2, 0.25) is 0 Å². The third-order valence-electron chi connectivity index (χ3n) is 5.17. The van der Waals surface area contributed by atoms with Crippen molar-refractivity contribution in [2.75, 3.05) is 24.3 Å². The topological polar surface area (TPSA) is 76.1 Å². The second-order valence-electron chi connectivity index (χ2n) is 7.02. The Labute approximate surface area is 170 Å². The minimum Gasteiger partial charge on any atom is -0.478 e. The Bertz CT molecular complexity index is 1060. The summed E-state index contributed by atoms with van der Waals surface area (Å²) in [5, 5.41) is 6.42. The van der Waals surface area contributed by atoms with E-state index in [-0.39, 0.29) is 5.78 Å². The molecule has 0 amide bonds. The lowest BCUT2D eigenvalue weighted by atomic mass is 9.94. The predicted molar refractivity (Wildman–Crippen MR) is 115 cm³/mol. The number of nitrogens with one attached hydrogen (secondary N) is 2. The van der Waals surface area contributed by atoms with E-state index in [9.17, 15) is 4.79 Å². The number of benzene rings is 1. The van der Waals surface area contributed by atoms with Crippen molar-refractivity contribution in [3.05, 3.63) is 59.4 Å². The van der Waals surface area contributed by atoms with Crippen LogP contribution in [-0.2, 0) is 6.42 Å². The van der Waals surface area contributed by atoms with Gasteiger partial charge in [-0.1, -0.05) is 6.07 Å². The van der Waals surface area contributed by atoms with Gasteiger partial charge in [-0.25, -0.2) is 9.97 Å². The van der Waals surface area contributed by atoms with E-state index >= 15 is 0 Å². The lowest BCUT2D eigenvalue weighted by molar-refractivity contribution is 0.0995. The molecule has 0 atom stereocenters. The Morgan fingerprint density at radius 1 is 1.07 bits per heavy atom. The molecular weight excluding hydrogens is 364 g/mol. The van der Waals surface area contributed by atoms with Crippen LogP contribution in [0, 0.1) is 6.92 Å². The smallest absolute Gasteiger partial charge is 0.213 e. The SMILES string of the molecule is CCOc1ccc(Nc2cc(C)c(-c3ccc(NC)c4c3CCC4=O)cn2)cn1. The van der Waals surface area contributed by atoms with Crippen molar-refractivity contribution in [3.8, 4) is 17.0 Å². The Hall–Kier alpha value is -3.41. The summed E-state index contributed by atoms with van der Waals surface area (Å²) in [6.45, 7) is 4.58. The number of anilines is 3. The summed E-state index contributed by atoms with van der Waals surface area (Å²) in [7, 11) is 1.85. The van der Waals surface area contributed by atoms with E-state index < -0.39 is 0 Å². The number of pyridine rings is 2. The normalized spacial score (nSPS) is 12.6. The van der Waals surface area contributed by atoms with Crippen molar-refractivity contribution in [1.29, 1.82) is 0 Å². The van der Waals surface area contributed by atoms with E-state index in [2.05, 4.69) is 33.6 Å². The number of nitrogens with zero attached hydrogens (tertiary/aromatic N) is 2. The number of fused-ring (bicyclic) bond motifs is 1. The molecule has 2 N–H and O–H groups in total. The fourth-order valence-electron chi connectivity index (χ4n) is 3.79. The zero-order chi connectivity index (χ0) is 20.4. The summed E-state index contributed by atoms with van der Waals surface area (Å²) in [5.74, 6) is 1.56. The quantitative estimate of drug-likeness (QED) is 0.634. The van der Waals surface area contributed by atoms with Crippen molar-refractivity contribution in [1.82, 2.24) is 9.97 Å². The summed E-state index contributed by atoms with van der Waals surface area (Å²) in [6.07, 6.45) is 4.94. The van der Waals surface area contributed by atoms with Crippen molar-refractivity contribution >= 4 is 23.0 Å². The number of ketones is 1. The molecule has 29 heavy (non-hydrogen) atoms. The summed E-state index contributed by atoms with van der Waals surface area (Å²) in [5.41, 5.74) is 6.92. The number of hydrogen-bond donors (Lipinski definition) is 2. The minimum absolute atomic E-state index is 0.207. The molecule has 6 heteroatoms. The first-order chi connectivity index (χ1) is 14.1. The number of carbonyl (C=O) groups is 1. The number of Topliss-reactive ketones (excluding diaryl/α,β-unsaturated/α-hetero) is 1. The fraction of sp³-hybridized carbons (Fsp3) is 0.261. The maximum absolute atomic E-state index is 12.4. The second-order valence-corrected chi connectivity index (χ2v) is 7.02. The maximum Gasteiger partial charge on any atom is 0.213 e. The molecule has 0 aliphatic heterocycles. The van der Waals surface area contributed by atoms with Gasteiger partial charge in [-0.15, -0.1) is 0 Å². The van der Waals surface area contributed by atoms with Crippen LogP contribution in [0.3, 0.4) is 0 Å². The molecule has 1 aliphatic rings. The molecule has 1 aliphatic carbocycles. The highest BCUT2D eigenvalue weighted by Gasteiger charge is 2.26. The highest BCUT2D eigenvalue weighted by atomic mass is 16.5. The lowest BCUT2D eigenvalue weighted by Gasteiger charge is -2.15. The third-order valence-corrected chi connectivity index (χ3v) is 5.17. The van der Waals surface area contributed by atoms with Crippen molar-refractivity contribution in [2.24, 2.45) is 0 Å². The van der Waals surface area contributed by atoms with E-state index in [1.807, 2.05) is 44.4 Å².